The highest BCUT2D eigenvalue weighted by molar-refractivity contribution is 5.78. The summed E-state index contributed by atoms with van der Waals surface area (Å²) in [5.74, 6) is -2.37. The van der Waals surface area contributed by atoms with Crippen LogP contribution in [-0.2, 0) is 52.2 Å². The zero-order valence-corrected chi connectivity index (χ0v) is 36.9. The maximum atomic E-state index is 14.3. The van der Waals surface area contributed by atoms with Crippen molar-refractivity contribution in [1.82, 2.24) is 0 Å². The molecule has 0 aromatic rings. The van der Waals surface area contributed by atoms with Crippen LogP contribution >= 0.6 is 0 Å². The van der Waals surface area contributed by atoms with E-state index in [9.17, 15) is 20.1 Å². The second-order valence-corrected chi connectivity index (χ2v) is 18.4. The first-order valence-corrected chi connectivity index (χ1v) is 22.3. The van der Waals surface area contributed by atoms with E-state index in [4.69, 9.17) is 47.4 Å². The second-order valence-electron chi connectivity index (χ2n) is 18.4. The summed E-state index contributed by atoms with van der Waals surface area (Å²) in [5.41, 5.74) is 0.282. The molecule has 6 heterocycles. The lowest BCUT2D eigenvalue weighted by atomic mass is 9.70. The van der Waals surface area contributed by atoms with E-state index in [0.717, 1.165) is 12.0 Å². The maximum Gasteiger partial charge on any atom is 0.316 e. The topological polar surface area (TPSA) is 170 Å². The lowest BCUT2D eigenvalue weighted by Gasteiger charge is -2.49. The number of aliphatic hydroxyl groups is 3. The summed E-state index contributed by atoms with van der Waals surface area (Å²) in [6.07, 6.45) is 6.12. The first kappa shape index (κ1) is 46.0. The van der Waals surface area contributed by atoms with Gasteiger partial charge in [0.1, 0.15) is 42.0 Å². The highest BCUT2D eigenvalue weighted by atomic mass is 16.7. The number of carbonyl (C=O) groups excluding carboxylic acids is 1. The molecule has 0 amide bonds. The van der Waals surface area contributed by atoms with Crippen LogP contribution < -0.4 is 0 Å². The fraction of sp³-hybridized carbons (Fsp3) is 0.804. The number of esters is 1. The van der Waals surface area contributed by atoms with E-state index in [1.54, 1.807) is 33.3 Å². The zero-order chi connectivity index (χ0) is 43.1. The van der Waals surface area contributed by atoms with E-state index in [1.165, 1.54) is 0 Å². The van der Waals surface area contributed by atoms with Crippen LogP contribution in [0.1, 0.15) is 99.8 Å². The molecule has 19 atom stereocenters. The summed E-state index contributed by atoms with van der Waals surface area (Å²) in [4.78, 5) is 14.3. The molecule has 60 heavy (non-hydrogen) atoms. The fourth-order valence-electron chi connectivity index (χ4n) is 10.4. The Morgan fingerprint density at radius 2 is 1.62 bits per heavy atom. The maximum absolute atomic E-state index is 14.3. The van der Waals surface area contributed by atoms with E-state index >= 15 is 0 Å². The molecule has 0 unspecified atom stereocenters. The minimum atomic E-state index is -1.82. The lowest BCUT2D eigenvalue weighted by Crippen LogP contribution is -2.58. The Bertz CT molecular complexity index is 1630. The molecule has 7 aliphatic rings. The van der Waals surface area contributed by atoms with Crippen molar-refractivity contribution in [3.05, 3.63) is 47.1 Å². The molecule has 14 heteroatoms. The number of hydrogen-bond donors (Lipinski definition) is 3. The molecule has 5 saturated heterocycles. The number of allylic oxidation sites excluding steroid dienone is 2. The van der Waals surface area contributed by atoms with Crippen LogP contribution in [0, 0.1) is 17.8 Å². The van der Waals surface area contributed by atoms with Crippen LogP contribution in [-0.4, -0.2) is 139 Å². The molecule has 2 bridgehead atoms. The van der Waals surface area contributed by atoms with Crippen molar-refractivity contribution in [2.75, 3.05) is 20.8 Å². The number of hydrogen-bond acceptors (Lipinski definition) is 14. The Hall–Kier alpha value is -2.05. The Morgan fingerprint density at radius 1 is 0.900 bits per heavy atom. The third-order valence-corrected chi connectivity index (χ3v) is 14.3. The smallest absolute Gasteiger partial charge is 0.316 e. The van der Waals surface area contributed by atoms with Crippen molar-refractivity contribution in [2.45, 2.75) is 197 Å². The largest absolute Gasteiger partial charge is 0.462 e. The van der Waals surface area contributed by atoms with Crippen LogP contribution in [0.5, 0.6) is 0 Å². The second kappa shape index (κ2) is 19.0. The average Bonchev–Trinajstić information content (AvgIpc) is 3.55. The number of ether oxygens (including phenoxy) is 10. The minimum absolute atomic E-state index is 0.0400. The number of fused-ring (bicyclic) bond motifs is 2. The molecule has 5 fully saturated rings. The van der Waals surface area contributed by atoms with Crippen LogP contribution in [0.3, 0.4) is 0 Å². The van der Waals surface area contributed by atoms with Gasteiger partial charge in [-0.3, -0.25) is 4.79 Å². The van der Waals surface area contributed by atoms with Gasteiger partial charge in [-0.05, 0) is 69.6 Å². The van der Waals surface area contributed by atoms with E-state index in [-0.39, 0.29) is 30.8 Å². The molecule has 3 N–H and O–H groups in total. The van der Waals surface area contributed by atoms with Crippen molar-refractivity contribution in [2.24, 2.45) is 17.8 Å². The van der Waals surface area contributed by atoms with Crippen molar-refractivity contribution in [1.29, 1.82) is 0 Å². The van der Waals surface area contributed by atoms with Crippen molar-refractivity contribution in [3.8, 4) is 0 Å². The minimum Gasteiger partial charge on any atom is -0.462 e. The van der Waals surface area contributed by atoms with Gasteiger partial charge in [-0.15, -0.1) is 0 Å². The molecule has 1 aliphatic carbocycles. The van der Waals surface area contributed by atoms with E-state index in [0.29, 0.717) is 62.0 Å². The molecule has 338 valence electrons. The predicted octanol–water partition coefficient (Wildman–Crippen LogP) is 4.97. The van der Waals surface area contributed by atoms with Gasteiger partial charge in [-0.2, -0.15) is 0 Å². The van der Waals surface area contributed by atoms with E-state index < -0.39 is 90.8 Å². The lowest BCUT2D eigenvalue weighted by molar-refractivity contribution is -0.332. The van der Waals surface area contributed by atoms with Gasteiger partial charge >= 0.3 is 5.97 Å². The number of rotatable bonds is 7. The molecule has 6 aliphatic heterocycles. The zero-order valence-electron chi connectivity index (χ0n) is 36.9. The Kier molecular flexibility index (Phi) is 14.5. The average molecular weight is 847 g/mol. The third kappa shape index (κ3) is 9.28. The van der Waals surface area contributed by atoms with Gasteiger partial charge in [0.15, 0.2) is 18.4 Å². The van der Waals surface area contributed by atoms with Gasteiger partial charge < -0.3 is 62.7 Å². The van der Waals surface area contributed by atoms with Gasteiger partial charge in [0.2, 0.25) is 0 Å². The monoisotopic (exact) mass is 846 g/mol. The molecular formula is C46H70O14. The van der Waals surface area contributed by atoms with Gasteiger partial charge in [0, 0.05) is 52.2 Å². The first-order valence-electron chi connectivity index (χ1n) is 22.3. The van der Waals surface area contributed by atoms with Crippen LogP contribution in [0.25, 0.3) is 0 Å². The van der Waals surface area contributed by atoms with Crippen molar-refractivity contribution >= 4 is 5.97 Å². The SMILES string of the molecule is CCC1=C[C@H]2C(=O)O[C@H]3C[C@@H](C/C=C(/C)[C@@H](O[C@H]4C[C@H](OC)[C@@H](O[C@H]5C[C@H](OC)[C@@H](O)[C@H](C)O5)[C@H](C)O4)[C@@H](C)/C=C\C=C4\CO[C@H]([C@H]1O)[C@@]42O)O[C@@]1(CC[C@H](C)[C@@H](C)O1)C3. The highest BCUT2D eigenvalue weighted by Crippen LogP contribution is 2.48. The predicted molar refractivity (Wildman–Crippen MR) is 218 cm³/mol. The highest BCUT2D eigenvalue weighted by Gasteiger charge is 2.60. The first-order chi connectivity index (χ1) is 28.6. The molecule has 0 saturated carbocycles. The van der Waals surface area contributed by atoms with Gasteiger partial charge in [0.25, 0.3) is 0 Å². The number of methoxy groups -OCH3 is 2. The summed E-state index contributed by atoms with van der Waals surface area (Å²) in [6.45, 7) is 14.0. The van der Waals surface area contributed by atoms with Crippen LogP contribution in [0.4, 0.5) is 0 Å². The normalized spacial score (nSPS) is 50.1. The quantitative estimate of drug-likeness (QED) is 0.232. The molecule has 0 radical (unpaired) electrons. The molecule has 1 spiro atoms. The van der Waals surface area contributed by atoms with Crippen molar-refractivity contribution in [3.63, 3.8) is 0 Å². The Morgan fingerprint density at radius 3 is 2.33 bits per heavy atom. The number of aliphatic hydroxyl groups excluding tert-OH is 2. The molecular weight excluding hydrogens is 776 g/mol. The summed E-state index contributed by atoms with van der Waals surface area (Å²) in [5, 5.41) is 34.4. The Labute approximate surface area is 355 Å². The van der Waals surface area contributed by atoms with Crippen molar-refractivity contribution < 1.29 is 67.5 Å². The number of carbonyl (C=O) groups is 1. The van der Waals surface area contributed by atoms with E-state index in [1.807, 2.05) is 32.9 Å². The molecule has 7 rings (SSSR count). The fourth-order valence-corrected chi connectivity index (χ4v) is 10.4. The van der Waals surface area contributed by atoms with Crippen LogP contribution in [0.2, 0.25) is 0 Å². The van der Waals surface area contributed by atoms with Crippen LogP contribution in [0.15, 0.2) is 47.1 Å². The summed E-state index contributed by atoms with van der Waals surface area (Å²) in [7, 11) is 3.22. The van der Waals surface area contributed by atoms with Gasteiger partial charge in [-0.25, -0.2) is 0 Å². The standard InChI is InChI=1S/C46H70O14/c1-10-30-18-34-44(49)56-33-19-32(60-45(22-33)17-16-24(2)27(5)59-45)15-14-26(4)41(25(3)12-11-13-31-23-53-43(40(30)48)46(31,34)50)57-38-21-36(52-9)42(29(7)55-38)58-37-20-35(51-8)39(47)28(6)54-37/h11-14,18,24-25,27-29,32-43,47-48,50H,10,15-17,19-23H2,1-9H3/b12-11-,26-14-,31-13-/t24-,25-,27+,28-,29-,32+,33-,34-,35-,36-,37-,38-,39-,40-,41-,42-,43+,45-,46+/m0/s1. The third-order valence-electron chi connectivity index (χ3n) is 14.3. The summed E-state index contributed by atoms with van der Waals surface area (Å²) < 4.78 is 63.3. The molecule has 0 aromatic carbocycles. The summed E-state index contributed by atoms with van der Waals surface area (Å²) in [6, 6.07) is 0. The Balaban J connectivity index is 1.17. The van der Waals surface area contributed by atoms with E-state index in [2.05, 4.69) is 26.8 Å². The molecule has 14 nitrogen and oxygen atoms in total. The van der Waals surface area contributed by atoms with Gasteiger partial charge in [-0.1, -0.05) is 51.2 Å². The molecule has 0 aromatic heterocycles. The summed E-state index contributed by atoms with van der Waals surface area (Å²) >= 11 is 0. The van der Waals surface area contributed by atoms with Gasteiger partial charge in [0.05, 0.1) is 49.3 Å².